The fourth-order valence-electron chi connectivity index (χ4n) is 4.57. The van der Waals surface area contributed by atoms with Crippen LogP contribution in [-0.2, 0) is 0 Å². The van der Waals surface area contributed by atoms with Crippen molar-refractivity contribution in [1.29, 1.82) is 0 Å². The second-order valence-corrected chi connectivity index (χ2v) is 9.73. The number of fused-ring (bicyclic) bond motifs is 1. The molecule has 1 aliphatic rings. The topological polar surface area (TPSA) is 82.9 Å². The average molecular weight is 509 g/mol. The van der Waals surface area contributed by atoms with Gasteiger partial charge in [-0.2, -0.15) is 0 Å². The lowest BCUT2D eigenvalue weighted by Gasteiger charge is -2.35. The molecule has 0 bridgehead atoms. The Morgan fingerprint density at radius 2 is 1.89 bits per heavy atom. The van der Waals surface area contributed by atoms with Crippen molar-refractivity contribution in [2.45, 2.75) is 46.1 Å². The molecule has 1 aliphatic heterocycles. The van der Waals surface area contributed by atoms with Gasteiger partial charge in [0.15, 0.2) is 0 Å². The summed E-state index contributed by atoms with van der Waals surface area (Å²) < 4.78 is 14.4. The Bertz CT molecular complexity index is 1320. The van der Waals surface area contributed by atoms with Crippen molar-refractivity contribution >= 4 is 34.1 Å². The zero-order chi connectivity index (χ0) is 25.8. The van der Waals surface area contributed by atoms with E-state index < -0.39 is 0 Å². The second kappa shape index (κ2) is 11.3. The third-order valence-electron chi connectivity index (χ3n) is 6.18. The molecule has 190 valence electrons. The number of nitrogens with one attached hydrogen (secondary N) is 2. The van der Waals surface area contributed by atoms with Gasteiger partial charge in [0.25, 0.3) is 0 Å². The lowest BCUT2D eigenvalue weighted by Crippen LogP contribution is -2.40. The molecule has 36 heavy (non-hydrogen) atoms. The summed E-state index contributed by atoms with van der Waals surface area (Å²) in [5, 5.41) is 3.85. The number of H-pyrrole nitrogens is 1. The number of nitrogens with zero attached hydrogens (tertiary/aromatic N) is 3. The Kier molecular flexibility index (Phi) is 8.11. The molecular formula is C28H34ClFN6. The van der Waals surface area contributed by atoms with E-state index in [0.29, 0.717) is 16.7 Å². The molecule has 2 aromatic heterocycles. The van der Waals surface area contributed by atoms with E-state index in [4.69, 9.17) is 27.3 Å². The summed E-state index contributed by atoms with van der Waals surface area (Å²) in [4.78, 5) is 15.3. The first-order valence-electron chi connectivity index (χ1n) is 12.5. The van der Waals surface area contributed by atoms with Crippen molar-refractivity contribution in [1.82, 2.24) is 15.0 Å². The SMILES string of the molecule is CCC.CNc1ncc(-c2cc(C)cc(F)c2)c(N2CCC(N)CC2)c1-c1nc2ccc(Cl)cc2[nH]1. The fourth-order valence-corrected chi connectivity index (χ4v) is 4.74. The fraction of sp³-hybridized carbons (Fsp3) is 0.357. The quantitative estimate of drug-likeness (QED) is 0.283. The van der Waals surface area contributed by atoms with Crippen LogP contribution in [0.15, 0.2) is 42.6 Å². The lowest BCUT2D eigenvalue weighted by atomic mass is 9.96. The Hall–Kier alpha value is -3.16. The van der Waals surface area contributed by atoms with Gasteiger partial charge in [-0.05, 0) is 61.2 Å². The first-order valence-corrected chi connectivity index (χ1v) is 12.9. The molecule has 0 aliphatic carbocycles. The smallest absolute Gasteiger partial charge is 0.144 e. The van der Waals surface area contributed by atoms with Crippen LogP contribution in [0.5, 0.6) is 0 Å². The molecule has 0 atom stereocenters. The number of imidazole rings is 1. The summed E-state index contributed by atoms with van der Waals surface area (Å²) in [6.07, 6.45) is 4.83. The number of aromatic nitrogens is 3. The summed E-state index contributed by atoms with van der Waals surface area (Å²) in [5.41, 5.74) is 12.2. The van der Waals surface area contributed by atoms with Crippen LogP contribution in [0.1, 0.15) is 38.7 Å². The Morgan fingerprint density at radius 1 is 1.17 bits per heavy atom. The van der Waals surface area contributed by atoms with Gasteiger partial charge in [-0.25, -0.2) is 14.4 Å². The number of aryl methyl sites for hydroxylation is 1. The maximum Gasteiger partial charge on any atom is 0.144 e. The molecule has 6 nitrogen and oxygen atoms in total. The molecular weight excluding hydrogens is 475 g/mol. The predicted molar refractivity (Wildman–Crippen MR) is 149 cm³/mol. The highest BCUT2D eigenvalue weighted by Gasteiger charge is 2.27. The van der Waals surface area contributed by atoms with Crippen LogP contribution in [0, 0.1) is 12.7 Å². The van der Waals surface area contributed by atoms with Crippen molar-refractivity contribution < 1.29 is 4.39 Å². The molecule has 0 spiro atoms. The number of pyridine rings is 1. The highest BCUT2D eigenvalue weighted by molar-refractivity contribution is 6.31. The van der Waals surface area contributed by atoms with Crippen LogP contribution < -0.4 is 16.0 Å². The first-order chi connectivity index (χ1) is 17.3. The van der Waals surface area contributed by atoms with Crippen molar-refractivity contribution in [3.05, 3.63) is 59.0 Å². The highest BCUT2D eigenvalue weighted by Crippen LogP contribution is 2.43. The van der Waals surface area contributed by atoms with Gasteiger partial charge in [0.05, 0.1) is 22.3 Å². The van der Waals surface area contributed by atoms with Crippen LogP contribution in [0.25, 0.3) is 33.5 Å². The van der Waals surface area contributed by atoms with Crippen LogP contribution in [0.4, 0.5) is 15.9 Å². The van der Waals surface area contributed by atoms with E-state index in [0.717, 1.165) is 64.9 Å². The van der Waals surface area contributed by atoms with Crippen molar-refractivity contribution in [3.8, 4) is 22.5 Å². The first kappa shape index (κ1) is 25.9. The van der Waals surface area contributed by atoms with E-state index in [-0.39, 0.29) is 11.9 Å². The lowest BCUT2D eigenvalue weighted by molar-refractivity contribution is 0.501. The molecule has 1 saturated heterocycles. The van der Waals surface area contributed by atoms with Gasteiger partial charge in [0.1, 0.15) is 17.5 Å². The summed E-state index contributed by atoms with van der Waals surface area (Å²) in [6.45, 7) is 7.74. The maximum absolute atomic E-state index is 14.4. The number of rotatable bonds is 4. The molecule has 2 aromatic carbocycles. The van der Waals surface area contributed by atoms with Gasteiger partial charge in [-0.3, -0.25) is 0 Å². The van der Waals surface area contributed by atoms with E-state index in [9.17, 15) is 4.39 Å². The molecule has 0 unspecified atom stereocenters. The third-order valence-corrected chi connectivity index (χ3v) is 6.41. The molecule has 0 saturated carbocycles. The van der Waals surface area contributed by atoms with Gasteiger partial charge < -0.3 is 20.9 Å². The molecule has 4 N–H and O–H groups in total. The van der Waals surface area contributed by atoms with Gasteiger partial charge in [0, 0.05) is 43.0 Å². The number of aromatic amines is 1. The average Bonchev–Trinajstić information content (AvgIpc) is 3.26. The molecule has 8 heteroatoms. The summed E-state index contributed by atoms with van der Waals surface area (Å²) in [7, 11) is 1.84. The number of piperidine rings is 1. The maximum atomic E-state index is 14.4. The monoisotopic (exact) mass is 508 g/mol. The van der Waals surface area contributed by atoms with Gasteiger partial charge in [0.2, 0.25) is 0 Å². The number of hydrogen-bond acceptors (Lipinski definition) is 5. The minimum Gasteiger partial charge on any atom is -0.372 e. The summed E-state index contributed by atoms with van der Waals surface area (Å²) in [5.74, 6) is 1.11. The van der Waals surface area contributed by atoms with E-state index in [1.807, 2.05) is 44.4 Å². The van der Waals surface area contributed by atoms with E-state index in [1.54, 1.807) is 6.07 Å². The zero-order valence-corrected chi connectivity index (χ0v) is 22.1. The number of hydrogen-bond donors (Lipinski definition) is 3. The zero-order valence-electron chi connectivity index (χ0n) is 21.3. The van der Waals surface area contributed by atoms with E-state index >= 15 is 0 Å². The van der Waals surface area contributed by atoms with Crippen LogP contribution >= 0.6 is 11.6 Å². The van der Waals surface area contributed by atoms with Crippen molar-refractivity contribution in [2.75, 3.05) is 30.4 Å². The van der Waals surface area contributed by atoms with E-state index in [2.05, 4.69) is 29.0 Å². The van der Waals surface area contributed by atoms with Crippen LogP contribution in [0.2, 0.25) is 5.02 Å². The Labute approximate surface area is 217 Å². The molecule has 0 amide bonds. The van der Waals surface area contributed by atoms with Crippen molar-refractivity contribution in [2.24, 2.45) is 5.73 Å². The molecule has 3 heterocycles. The van der Waals surface area contributed by atoms with Gasteiger partial charge in [-0.15, -0.1) is 0 Å². The normalized spacial score (nSPS) is 14.0. The number of nitrogens with two attached hydrogens (primary N) is 1. The van der Waals surface area contributed by atoms with E-state index in [1.165, 1.54) is 12.5 Å². The standard InChI is InChI=1S/C25H26ClFN6.C3H8/c1-14-9-15(11-17(27)10-14)19-13-30-24(29-2)22(23(19)33-7-5-18(28)6-8-33)25-31-20-4-3-16(26)12-21(20)32-25;1-3-2/h3-4,9-13,18H,5-8,28H2,1-2H3,(H,29,30)(H,31,32);3H2,1-2H3. The van der Waals surface area contributed by atoms with Crippen LogP contribution in [0.3, 0.4) is 0 Å². The highest BCUT2D eigenvalue weighted by atomic mass is 35.5. The van der Waals surface area contributed by atoms with Crippen molar-refractivity contribution in [3.63, 3.8) is 0 Å². The van der Waals surface area contributed by atoms with Gasteiger partial charge in [-0.1, -0.05) is 37.9 Å². The minimum atomic E-state index is -0.269. The molecule has 4 aromatic rings. The number of benzene rings is 2. The molecule has 1 fully saturated rings. The number of halogens is 2. The Morgan fingerprint density at radius 3 is 2.56 bits per heavy atom. The summed E-state index contributed by atoms with van der Waals surface area (Å²) >= 11 is 6.21. The second-order valence-electron chi connectivity index (χ2n) is 9.29. The minimum absolute atomic E-state index is 0.184. The largest absolute Gasteiger partial charge is 0.372 e. The third kappa shape index (κ3) is 5.47. The Balaban J connectivity index is 0.000000967. The predicted octanol–water partition coefficient (Wildman–Crippen LogP) is 6.78. The van der Waals surface area contributed by atoms with Crippen LogP contribution in [-0.4, -0.2) is 41.1 Å². The number of anilines is 2. The van der Waals surface area contributed by atoms with Gasteiger partial charge >= 0.3 is 0 Å². The molecule has 0 radical (unpaired) electrons. The molecule has 5 rings (SSSR count). The summed E-state index contributed by atoms with van der Waals surface area (Å²) in [6, 6.07) is 10.8.